The van der Waals surface area contributed by atoms with Gasteiger partial charge in [0.05, 0.1) is 6.20 Å². The summed E-state index contributed by atoms with van der Waals surface area (Å²) in [5, 5.41) is 8.60. The zero-order valence-corrected chi connectivity index (χ0v) is 9.95. The van der Waals surface area contributed by atoms with Crippen LogP contribution in [0.15, 0.2) is 33.7 Å². The summed E-state index contributed by atoms with van der Waals surface area (Å²) in [6.07, 6.45) is 1.18. The van der Waals surface area contributed by atoms with Crippen LogP contribution in [-0.4, -0.2) is 9.97 Å². The fourth-order valence-electron chi connectivity index (χ4n) is 1.29. The third-order valence-corrected chi connectivity index (χ3v) is 2.76. The molecule has 0 aliphatic heterocycles. The number of aromatic nitrogens is 2. The molecule has 0 amide bonds. The molecule has 17 heavy (non-hydrogen) atoms. The molecular weight excluding hydrogens is 289 g/mol. The lowest BCUT2D eigenvalue weighted by Crippen LogP contribution is -2.12. The van der Waals surface area contributed by atoms with Gasteiger partial charge in [0.2, 0.25) is 0 Å². The number of halogens is 2. The lowest BCUT2D eigenvalue weighted by Gasteiger charge is -2.03. The number of H-pyrrole nitrogens is 1. The van der Waals surface area contributed by atoms with Gasteiger partial charge < -0.3 is 4.98 Å². The van der Waals surface area contributed by atoms with Gasteiger partial charge in [-0.3, -0.25) is 4.79 Å². The smallest absolute Gasteiger partial charge is 0.269 e. The molecule has 0 saturated carbocycles. The lowest BCUT2D eigenvalue weighted by atomic mass is 10.2. The average Bonchev–Trinajstić information content (AvgIpc) is 2.29. The van der Waals surface area contributed by atoms with Gasteiger partial charge in [-0.25, -0.2) is 9.37 Å². The first-order chi connectivity index (χ1) is 8.11. The molecule has 84 valence electrons. The summed E-state index contributed by atoms with van der Waals surface area (Å²) < 4.78 is 13.4. The Morgan fingerprint density at radius 1 is 1.47 bits per heavy atom. The minimum atomic E-state index is -0.520. The molecule has 0 fully saturated rings. The normalized spacial score (nSPS) is 9.94. The number of hydrogen-bond donors (Lipinski definition) is 1. The number of nitrogens with one attached hydrogen (secondary N) is 1. The van der Waals surface area contributed by atoms with Gasteiger partial charge >= 0.3 is 0 Å². The zero-order valence-electron chi connectivity index (χ0n) is 8.37. The van der Waals surface area contributed by atoms with Crippen molar-refractivity contribution in [3.05, 3.63) is 50.6 Å². The minimum absolute atomic E-state index is 0.0630. The van der Waals surface area contributed by atoms with Crippen molar-refractivity contribution in [1.82, 2.24) is 9.97 Å². The molecular formula is C11H5BrFN3O. The molecule has 0 bridgehead atoms. The molecule has 0 radical (unpaired) electrons. The van der Waals surface area contributed by atoms with Crippen LogP contribution < -0.4 is 5.56 Å². The third-order valence-electron chi connectivity index (χ3n) is 2.11. The monoisotopic (exact) mass is 293 g/mol. The highest BCUT2D eigenvalue weighted by Gasteiger charge is 2.08. The van der Waals surface area contributed by atoms with Gasteiger partial charge in [0, 0.05) is 10.0 Å². The number of nitriles is 1. The number of rotatable bonds is 1. The third kappa shape index (κ3) is 2.24. The van der Waals surface area contributed by atoms with Crippen LogP contribution in [0.3, 0.4) is 0 Å². The molecule has 4 nitrogen and oxygen atoms in total. The van der Waals surface area contributed by atoms with Crippen LogP contribution in [0.25, 0.3) is 11.4 Å². The quantitative estimate of drug-likeness (QED) is 0.876. The van der Waals surface area contributed by atoms with E-state index < -0.39 is 11.4 Å². The van der Waals surface area contributed by atoms with Crippen molar-refractivity contribution < 1.29 is 4.39 Å². The summed E-state index contributed by atoms with van der Waals surface area (Å²) in [7, 11) is 0. The standard InChI is InChI=1S/C11H5BrFN3O/c12-9-3-7(13)1-2-8(9)10-15-5-6(4-14)11(17)16-10/h1-3,5H,(H,15,16,17). The van der Waals surface area contributed by atoms with Crippen molar-refractivity contribution in [2.75, 3.05) is 0 Å². The Balaban J connectivity index is 2.58. The number of aromatic amines is 1. The van der Waals surface area contributed by atoms with E-state index >= 15 is 0 Å². The Bertz CT molecular complexity index is 675. The molecule has 6 heteroatoms. The highest BCUT2D eigenvalue weighted by atomic mass is 79.9. The molecule has 1 aromatic heterocycles. The molecule has 0 unspecified atom stereocenters. The molecule has 2 rings (SSSR count). The Morgan fingerprint density at radius 2 is 2.24 bits per heavy atom. The van der Waals surface area contributed by atoms with Crippen LogP contribution in [0.4, 0.5) is 4.39 Å². The summed E-state index contributed by atoms with van der Waals surface area (Å²) in [5.41, 5.74) is -0.0336. The molecule has 1 heterocycles. The maximum Gasteiger partial charge on any atom is 0.269 e. The predicted molar refractivity (Wildman–Crippen MR) is 62.7 cm³/mol. The van der Waals surface area contributed by atoms with Gasteiger partial charge in [-0.15, -0.1) is 0 Å². The van der Waals surface area contributed by atoms with E-state index in [4.69, 9.17) is 5.26 Å². The van der Waals surface area contributed by atoms with Crippen molar-refractivity contribution in [2.24, 2.45) is 0 Å². The number of hydrogen-bond acceptors (Lipinski definition) is 3. The van der Waals surface area contributed by atoms with E-state index in [9.17, 15) is 9.18 Å². The van der Waals surface area contributed by atoms with Crippen LogP contribution in [0.1, 0.15) is 5.56 Å². The van der Waals surface area contributed by atoms with E-state index in [2.05, 4.69) is 25.9 Å². The number of benzene rings is 1. The molecule has 0 atom stereocenters. The van der Waals surface area contributed by atoms with Gasteiger partial charge in [-0.1, -0.05) is 0 Å². The molecule has 0 aliphatic rings. The fourth-order valence-corrected chi connectivity index (χ4v) is 1.83. The topological polar surface area (TPSA) is 69.5 Å². The molecule has 2 aromatic rings. The molecule has 1 N–H and O–H groups in total. The summed E-state index contributed by atoms with van der Waals surface area (Å²) in [4.78, 5) is 17.8. The van der Waals surface area contributed by atoms with Gasteiger partial charge in [-0.05, 0) is 34.1 Å². The molecule has 0 saturated heterocycles. The van der Waals surface area contributed by atoms with E-state index in [-0.39, 0.29) is 11.4 Å². The number of nitrogens with zero attached hydrogens (tertiary/aromatic N) is 2. The van der Waals surface area contributed by atoms with Gasteiger partial charge in [0.25, 0.3) is 5.56 Å². The van der Waals surface area contributed by atoms with E-state index in [1.807, 2.05) is 0 Å². The van der Waals surface area contributed by atoms with E-state index in [1.165, 1.54) is 24.4 Å². The van der Waals surface area contributed by atoms with Crippen molar-refractivity contribution in [1.29, 1.82) is 5.26 Å². The highest BCUT2D eigenvalue weighted by molar-refractivity contribution is 9.10. The Kier molecular flexibility index (Phi) is 3.02. The summed E-state index contributed by atoms with van der Waals surface area (Å²) in [5.74, 6) is -0.113. The van der Waals surface area contributed by atoms with Gasteiger partial charge in [0.15, 0.2) is 0 Å². The maximum absolute atomic E-state index is 12.9. The fraction of sp³-hybridized carbons (Fsp3) is 0. The van der Waals surface area contributed by atoms with E-state index in [1.54, 1.807) is 6.07 Å². The largest absolute Gasteiger partial charge is 0.305 e. The Morgan fingerprint density at radius 3 is 2.82 bits per heavy atom. The molecule has 1 aromatic carbocycles. The second-order valence-corrected chi connectivity index (χ2v) is 4.06. The van der Waals surface area contributed by atoms with Crippen molar-refractivity contribution >= 4 is 15.9 Å². The lowest BCUT2D eigenvalue weighted by molar-refractivity contribution is 0.627. The SMILES string of the molecule is N#Cc1cnc(-c2ccc(F)cc2Br)[nH]c1=O. The Hall–Kier alpha value is -2.00. The summed E-state index contributed by atoms with van der Waals surface area (Å²) >= 11 is 3.18. The first-order valence-electron chi connectivity index (χ1n) is 4.56. The zero-order chi connectivity index (χ0) is 12.4. The van der Waals surface area contributed by atoms with Gasteiger partial charge in [-0.2, -0.15) is 5.26 Å². The second-order valence-electron chi connectivity index (χ2n) is 3.21. The minimum Gasteiger partial charge on any atom is -0.305 e. The average molecular weight is 294 g/mol. The first-order valence-corrected chi connectivity index (χ1v) is 5.36. The van der Waals surface area contributed by atoms with Crippen LogP contribution in [-0.2, 0) is 0 Å². The van der Waals surface area contributed by atoms with Crippen LogP contribution in [0, 0.1) is 17.1 Å². The van der Waals surface area contributed by atoms with E-state index in [0.29, 0.717) is 10.0 Å². The Labute approximate surface area is 104 Å². The summed E-state index contributed by atoms with van der Waals surface area (Å²) in [6.45, 7) is 0. The summed E-state index contributed by atoms with van der Waals surface area (Å²) in [6, 6.07) is 5.74. The van der Waals surface area contributed by atoms with Crippen LogP contribution >= 0.6 is 15.9 Å². The first kappa shape index (κ1) is 11.5. The van der Waals surface area contributed by atoms with Crippen molar-refractivity contribution in [2.45, 2.75) is 0 Å². The van der Waals surface area contributed by atoms with E-state index in [0.717, 1.165) is 0 Å². The van der Waals surface area contributed by atoms with Gasteiger partial charge in [0.1, 0.15) is 23.3 Å². The maximum atomic E-state index is 12.9. The molecule has 0 spiro atoms. The predicted octanol–water partition coefficient (Wildman–Crippen LogP) is 2.21. The highest BCUT2D eigenvalue weighted by Crippen LogP contribution is 2.25. The van der Waals surface area contributed by atoms with Crippen molar-refractivity contribution in [3.63, 3.8) is 0 Å². The second kappa shape index (κ2) is 4.47. The van der Waals surface area contributed by atoms with Crippen molar-refractivity contribution in [3.8, 4) is 17.5 Å². The molecule has 0 aliphatic carbocycles. The van der Waals surface area contributed by atoms with Crippen LogP contribution in [0.5, 0.6) is 0 Å². The van der Waals surface area contributed by atoms with Crippen LogP contribution in [0.2, 0.25) is 0 Å².